The number of likely N-dealkylation sites (tertiary alicyclic amines) is 1. The molecule has 148 valence electrons. The summed E-state index contributed by atoms with van der Waals surface area (Å²) < 4.78 is 5.21. The van der Waals surface area contributed by atoms with Gasteiger partial charge in [-0.3, -0.25) is 24.1 Å². The SMILES string of the molecule is O=C(CN1C(=O)c2ccccc2C1=O)OCc1ccc(C(=O)N2CCCC2)cc1. The molecule has 0 unspecified atom stereocenters. The van der Waals surface area contributed by atoms with Gasteiger partial charge < -0.3 is 9.64 Å². The van der Waals surface area contributed by atoms with Crippen LogP contribution >= 0.6 is 0 Å². The summed E-state index contributed by atoms with van der Waals surface area (Å²) in [6, 6.07) is 13.4. The molecule has 2 aromatic rings. The Balaban J connectivity index is 1.31. The summed E-state index contributed by atoms with van der Waals surface area (Å²) >= 11 is 0. The number of esters is 1. The van der Waals surface area contributed by atoms with E-state index >= 15 is 0 Å². The zero-order valence-corrected chi connectivity index (χ0v) is 15.8. The summed E-state index contributed by atoms with van der Waals surface area (Å²) in [5, 5.41) is 0. The van der Waals surface area contributed by atoms with Crippen molar-refractivity contribution in [2.45, 2.75) is 19.4 Å². The molecule has 0 spiro atoms. The van der Waals surface area contributed by atoms with Crippen LogP contribution in [0.5, 0.6) is 0 Å². The molecule has 0 saturated carbocycles. The van der Waals surface area contributed by atoms with Crippen LogP contribution in [0.25, 0.3) is 0 Å². The largest absolute Gasteiger partial charge is 0.459 e. The number of fused-ring (bicyclic) bond motifs is 1. The third-order valence-electron chi connectivity index (χ3n) is 5.16. The van der Waals surface area contributed by atoms with Crippen LogP contribution in [0.4, 0.5) is 0 Å². The van der Waals surface area contributed by atoms with Crippen molar-refractivity contribution in [3.63, 3.8) is 0 Å². The number of imide groups is 1. The molecule has 7 nitrogen and oxygen atoms in total. The van der Waals surface area contributed by atoms with Gasteiger partial charge in [-0.1, -0.05) is 24.3 Å². The molecule has 0 radical (unpaired) electrons. The van der Waals surface area contributed by atoms with Crippen LogP contribution in [0, 0.1) is 0 Å². The number of hydrogen-bond acceptors (Lipinski definition) is 5. The maximum Gasteiger partial charge on any atom is 0.326 e. The Morgan fingerprint density at radius 2 is 1.45 bits per heavy atom. The Hall–Kier alpha value is -3.48. The van der Waals surface area contributed by atoms with E-state index in [0.717, 1.165) is 36.4 Å². The van der Waals surface area contributed by atoms with Crippen LogP contribution < -0.4 is 0 Å². The summed E-state index contributed by atoms with van der Waals surface area (Å²) in [5.74, 6) is -1.65. The van der Waals surface area contributed by atoms with Gasteiger partial charge in [0.05, 0.1) is 11.1 Å². The van der Waals surface area contributed by atoms with Gasteiger partial charge in [0, 0.05) is 18.7 Å². The first kappa shape index (κ1) is 18.9. The monoisotopic (exact) mass is 392 g/mol. The van der Waals surface area contributed by atoms with Gasteiger partial charge in [0.25, 0.3) is 17.7 Å². The second kappa shape index (κ2) is 7.87. The van der Waals surface area contributed by atoms with E-state index in [1.54, 1.807) is 48.5 Å². The minimum absolute atomic E-state index is 0.000186. The summed E-state index contributed by atoms with van der Waals surface area (Å²) in [6.07, 6.45) is 2.07. The molecule has 2 aromatic carbocycles. The number of amides is 3. The highest BCUT2D eigenvalue weighted by molar-refractivity contribution is 6.22. The third kappa shape index (κ3) is 3.76. The smallest absolute Gasteiger partial charge is 0.326 e. The van der Waals surface area contributed by atoms with Gasteiger partial charge >= 0.3 is 5.97 Å². The van der Waals surface area contributed by atoms with Crippen molar-refractivity contribution < 1.29 is 23.9 Å². The first-order valence-electron chi connectivity index (χ1n) is 9.53. The summed E-state index contributed by atoms with van der Waals surface area (Å²) in [6.45, 7) is 1.14. The number of carbonyl (C=O) groups is 4. The number of ether oxygens (including phenoxy) is 1. The van der Waals surface area contributed by atoms with Crippen LogP contribution in [0.15, 0.2) is 48.5 Å². The minimum atomic E-state index is -0.670. The van der Waals surface area contributed by atoms with E-state index in [-0.39, 0.29) is 12.5 Å². The second-order valence-corrected chi connectivity index (χ2v) is 7.10. The highest BCUT2D eigenvalue weighted by Crippen LogP contribution is 2.22. The molecule has 0 bridgehead atoms. The summed E-state index contributed by atoms with van der Waals surface area (Å²) in [4.78, 5) is 51.8. The van der Waals surface area contributed by atoms with Crippen LogP contribution in [0.1, 0.15) is 49.5 Å². The molecule has 1 fully saturated rings. The van der Waals surface area contributed by atoms with Crippen molar-refractivity contribution in [1.29, 1.82) is 0 Å². The predicted octanol–water partition coefficient (Wildman–Crippen LogP) is 2.26. The molecule has 0 aromatic heterocycles. The first-order valence-corrected chi connectivity index (χ1v) is 9.53. The Labute approximate surface area is 167 Å². The maximum absolute atomic E-state index is 12.3. The Morgan fingerprint density at radius 1 is 0.862 bits per heavy atom. The molecule has 0 aliphatic carbocycles. The molecule has 2 aliphatic heterocycles. The van der Waals surface area contributed by atoms with Crippen LogP contribution in [-0.4, -0.2) is 53.1 Å². The molecule has 0 N–H and O–H groups in total. The zero-order valence-electron chi connectivity index (χ0n) is 15.8. The second-order valence-electron chi connectivity index (χ2n) is 7.10. The summed E-state index contributed by atoms with van der Waals surface area (Å²) in [7, 11) is 0. The average molecular weight is 392 g/mol. The quantitative estimate of drug-likeness (QED) is 0.576. The fourth-order valence-corrected chi connectivity index (χ4v) is 3.57. The van der Waals surface area contributed by atoms with Crippen LogP contribution in [0.2, 0.25) is 0 Å². The lowest BCUT2D eigenvalue weighted by molar-refractivity contribution is -0.145. The van der Waals surface area contributed by atoms with Gasteiger partial charge in [-0.25, -0.2) is 0 Å². The molecule has 0 atom stereocenters. The molecule has 2 heterocycles. The van der Waals surface area contributed by atoms with Crippen molar-refractivity contribution in [1.82, 2.24) is 9.80 Å². The van der Waals surface area contributed by atoms with E-state index < -0.39 is 24.3 Å². The summed E-state index contributed by atoms with van der Waals surface area (Å²) in [5.41, 5.74) is 1.92. The molecular formula is C22H20N2O5. The van der Waals surface area contributed by atoms with Crippen molar-refractivity contribution >= 4 is 23.7 Å². The number of nitrogens with zero attached hydrogens (tertiary/aromatic N) is 2. The third-order valence-corrected chi connectivity index (χ3v) is 5.16. The Kier molecular flexibility index (Phi) is 5.12. The minimum Gasteiger partial charge on any atom is -0.459 e. The van der Waals surface area contributed by atoms with Gasteiger partial charge in [-0.05, 0) is 42.7 Å². The number of rotatable bonds is 5. The van der Waals surface area contributed by atoms with Gasteiger partial charge in [0.15, 0.2) is 0 Å². The van der Waals surface area contributed by atoms with Gasteiger partial charge in [-0.2, -0.15) is 0 Å². The van der Waals surface area contributed by atoms with E-state index in [2.05, 4.69) is 0 Å². The molecule has 29 heavy (non-hydrogen) atoms. The molecule has 1 saturated heterocycles. The molecule has 2 aliphatic rings. The van der Waals surface area contributed by atoms with Gasteiger partial charge in [-0.15, -0.1) is 0 Å². The molecule has 7 heteroatoms. The fourth-order valence-electron chi connectivity index (χ4n) is 3.57. The predicted molar refractivity (Wildman–Crippen MR) is 103 cm³/mol. The Bertz CT molecular complexity index is 942. The van der Waals surface area contributed by atoms with Crippen LogP contribution in [0.3, 0.4) is 0 Å². The van der Waals surface area contributed by atoms with Gasteiger partial charge in [0.2, 0.25) is 0 Å². The maximum atomic E-state index is 12.3. The molecule has 3 amide bonds. The van der Waals surface area contributed by atoms with E-state index in [1.807, 2.05) is 4.90 Å². The molecular weight excluding hydrogens is 372 g/mol. The van der Waals surface area contributed by atoms with Gasteiger partial charge in [0.1, 0.15) is 13.2 Å². The Morgan fingerprint density at radius 3 is 2.03 bits per heavy atom. The normalized spacial score (nSPS) is 15.6. The van der Waals surface area contributed by atoms with E-state index in [1.165, 1.54) is 0 Å². The lowest BCUT2D eigenvalue weighted by Gasteiger charge is -2.15. The van der Waals surface area contributed by atoms with Crippen molar-refractivity contribution in [3.05, 3.63) is 70.8 Å². The number of benzene rings is 2. The van der Waals surface area contributed by atoms with E-state index in [4.69, 9.17) is 4.74 Å². The number of carbonyl (C=O) groups excluding carboxylic acids is 4. The topological polar surface area (TPSA) is 84.0 Å². The van der Waals surface area contributed by atoms with E-state index in [9.17, 15) is 19.2 Å². The number of hydrogen-bond donors (Lipinski definition) is 0. The molecule has 4 rings (SSSR count). The standard InChI is InChI=1S/C22H20N2O5/c25-19(13-24-21(27)17-5-1-2-6-18(17)22(24)28)29-14-15-7-9-16(10-8-15)20(26)23-11-3-4-12-23/h1-2,5-10H,3-4,11-14H2. The van der Waals surface area contributed by atoms with E-state index in [0.29, 0.717) is 16.7 Å². The lowest BCUT2D eigenvalue weighted by Crippen LogP contribution is -2.35. The first-order chi connectivity index (χ1) is 14.0. The lowest BCUT2D eigenvalue weighted by atomic mass is 10.1. The fraction of sp³-hybridized carbons (Fsp3) is 0.273. The van der Waals surface area contributed by atoms with Crippen molar-refractivity contribution in [3.8, 4) is 0 Å². The highest BCUT2D eigenvalue weighted by Gasteiger charge is 2.36. The van der Waals surface area contributed by atoms with Crippen molar-refractivity contribution in [2.75, 3.05) is 19.6 Å². The zero-order chi connectivity index (χ0) is 20.4. The highest BCUT2D eigenvalue weighted by atomic mass is 16.5. The van der Waals surface area contributed by atoms with Crippen LogP contribution in [-0.2, 0) is 16.1 Å². The van der Waals surface area contributed by atoms with Crippen molar-refractivity contribution in [2.24, 2.45) is 0 Å². The average Bonchev–Trinajstić information content (AvgIpc) is 3.36.